The highest BCUT2D eigenvalue weighted by Crippen LogP contribution is 2.21. The lowest BCUT2D eigenvalue weighted by atomic mass is 9.96. The molecule has 1 aromatic rings. The van der Waals surface area contributed by atoms with Crippen molar-refractivity contribution in [1.82, 2.24) is 14.9 Å². The van der Waals surface area contributed by atoms with Crippen LogP contribution in [0.15, 0.2) is 12.3 Å². The van der Waals surface area contributed by atoms with Gasteiger partial charge in [-0.3, -0.25) is 4.90 Å². The summed E-state index contributed by atoms with van der Waals surface area (Å²) in [5, 5.41) is 0. The lowest BCUT2D eigenvalue weighted by molar-refractivity contribution is 0.258. The molecular weight excluding hydrogens is 272 g/mol. The van der Waals surface area contributed by atoms with Crippen LogP contribution < -0.4 is 4.90 Å². The van der Waals surface area contributed by atoms with Crippen LogP contribution in [-0.4, -0.2) is 53.5 Å². The minimum Gasteiger partial charge on any atom is -0.354 e. The van der Waals surface area contributed by atoms with Crippen molar-refractivity contribution >= 4 is 17.4 Å². The molecule has 0 aliphatic carbocycles. The third-order valence-corrected chi connectivity index (χ3v) is 3.88. The van der Waals surface area contributed by atoms with Crippen LogP contribution in [0.1, 0.15) is 33.0 Å². The zero-order valence-corrected chi connectivity index (χ0v) is 13.5. The molecule has 1 aliphatic rings. The molecular formula is C15H25ClN4. The molecule has 1 saturated heterocycles. The standard InChI is InChI=1S/C15H25ClN4/c1-15(2,3)14-17-7-5-13(18-14)20-11-9-19(10-12-20)8-4-6-16/h5,7H,4,6,8-12H2,1-3H3. The van der Waals surface area contributed by atoms with Gasteiger partial charge in [-0.2, -0.15) is 0 Å². The molecule has 5 heteroatoms. The largest absolute Gasteiger partial charge is 0.354 e. The van der Waals surface area contributed by atoms with E-state index in [4.69, 9.17) is 16.6 Å². The Morgan fingerprint density at radius 2 is 1.90 bits per heavy atom. The van der Waals surface area contributed by atoms with E-state index in [1.165, 1.54) is 0 Å². The molecule has 1 aromatic heterocycles. The summed E-state index contributed by atoms with van der Waals surface area (Å²) in [6.07, 6.45) is 2.95. The van der Waals surface area contributed by atoms with E-state index in [0.717, 1.165) is 56.7 Å². The predicted molar refractivity (Wildman–Crippen MR) is 84.7 cm³/mol. The molecule has 1 aliphatic heterocycles. The first-order valence-electron chi connectivity index (χ1n) is 7.37. The van der Waals surface area contributed by atoms with E-state index in [1.807, 2.05) is 12.3 Å². The zero-order valence-electron chi connectivity index (χ0n) is 12.8. The first-order valence-corrected chi connectivity index (χ1v) is 7.91. The number of hydrogen-bond donors (Lipinski definition) is 0. The monoisotopic (exact) mass is 296 g/mol. The molecule has 0 aromatic carbocycles. The van der Waals surface area contributed by atoms with Crippen molar-refractivity contribution < 1.29 is 0 Å². The summed E-state index contributed by atoms with van der Waals surface area (Å²) < 4.78 is 0. The number of piperazine rings is 1. The Morgan fingerprint density at radius 3 is 2.50 bits per heavy atom. The molecule has 0 bridgehead atoms. The van der Waals surface area contributed by atoms with Gasteiger partial charge in [-0.25, -0.2) is 9.97 Å². The normalized spacial score (nSPS) is 17.5. The minimum atomic E-state index is -0.00181. The lowest BCUT2D eigenvalue weighted by Crippen LogP contribution is -2.47. The number of aromatic nitrogens is 2. The Morgan fingerprint density at radius 1 is 1.20 bits per heavy atom. The third kappa shape index (κ3) is 4.06. The van der Waals surface area contributed by atoms with E-state index >= 15 is 0 Å². The van der Waals surface area contributed by atoms with Crippen LogP contribution in [-0.2, 0) is 5.41 Å². The second-order valence-electron chi connectivity index (χ2n) is 6.36. The first-order chi connectivity index (χ1) is 9.50. The van der Waals surface area contributed by atoms with Gasteiger partial charge in [0.25, 0.3) is 0 Å². The summed E-state index contributed by atoms with van der Waals surface area (Å²) >= 11 is 5.75. The maximum absolute atomic E-state index is 5.75. The van der Waals surface area contributed by atoms with Crippen LogP contribution in [0, 0.1) is 0 Å². The van der Waals surface area contributed by atoms with E-state index in [2.05, 4.69) is 35.6 Å². The minimum absolute atomic E-state index is 0.00181. The smallest absolute Gasteiger partial charge is 0.135 e. The number of rotatable bonds is 4. The van der Waals surface area contributed by atoms with E-state index in [-0.39, 0.29) is 5.41 Å². The SMILES string of the molecule is CC(C)(C)c1nccc(N2CCN(CCCCl)CC2)n1. The van der Waals surface area contributed by atoms with Gasteiger partial charge >= 0.3 is 0 Å². The molecule has 112 valence electrons. The van der Waals surface area contributed by atoms with Gasteiger partial charge < -0.3 is 4.90 Å². The molecule has 20 heavy (non-hydrogen) atoms. The second-order valence-corrected chi connectivity index (χ2v) is 6.74. The zero-order chi connectivity index (χ0) is 14.6. The van der Waals surface area contributed by atoms with Crippen LogP contribution in [0.25, 0.3) is 0 Å². The first kappa shape index (κ1) is 15.5. The van der Waals surface area contributed by atoms with Crippen molar-refractivity contribution in [3.8, 4) is 0 Å². The summed E-state index contributed by atoms with van der Waals surface area (Å²) in [7, 11) is 0. The molecule has 0 spiro atoms. The number of hydrogen-bond acceptors (Lipinski definition) is 4. The topological polar surface area (TPSA) is 32.3 Å². The maximum Gasteiger partial charge on any atom is 0.135 e. The number of nitrogens with zero attached hydrogens (tertiary/aromatic N) is 4. The van der Waals surface area contributed by atoms with Gasteiger partial charge in [0.05, 0.1) is 0 Å². The Labute approximate surface area is 127 Å². The van der Waals surface area contributed by atoms with Crippen LogP contribution in [0.2, 0.25) is 0 Å². The van der Waals surface area contributed by atoms with E-state index in [9.17, 15) is 0 Å². The molecule has 0 unspecified atom stereocenters. The highest BCUT2D eigenvalue weighted by atomic mass is 35.5. The summed E-state index contributed by atoms with van der Waals surface area (Å²) in [5.41, 5.74) is -0.00181. The van der Waals surface area contributed by atoms with Gasteiger partial charge in [0, 0.05) is 43.7 Å². The van der Waals surface area contributed by atoms with E-state index in [1.54, 1.807) is 0 Å². The fraction of sp³-hybridized carbons (Fsp3) is 0.733. The van der Waals surface area contributed by atoms with Crippen LogP contribution in [0.5, 0.6) is 0 Å². The molecule has 0 N–H and O–H groups in total. The maximum atomic E-state index is 5.75. The Hall–Kier alpha value is -0.870. The highest BCUT2D eigenvalue weighted by Gasteiger charge is 2.21. The van der Waals surface area contributed by atoms with Crippen LogP contribution in [0.4, 0.5) is 5.82 Å². The fourth-order valence-electron chi connectivity index (χ4n) is 2.37. The van der Waals surface area contributed by atoms with Crippen LogP contribution >= 0.6 is 11.6 Å². The van der Waals surface area contributed by atoms with Gasteiger partial charge in [0.1, 0.15) is 11.6 Å². The average Bonchev–Trinajstić information content (AvgIpc) is 2.45. The quantitative estimate of drug-likeness (QED) is 0.799. The van der Waals surface area contributed by atoms with E-state index < -0.39 is 0 Å². The van der Waals surface area contributed by atoms with Crippen molar-refractivity contribution in [1.29, 1.82) is 0 Å². The van der Waals surface area contributed by atoms with Gasteiger partial charge in [-0.1, -0.05) is 20.8 Å². The molecule has 2 heterocycles. The van der Waals surface area contributed by atoms with Crippen molar-refractivity contribution in [2.24, 2.45) is 0 Å². The summed E-state index contributed by atoms with van der Waals surface area (Å²) in [6, 6.07) is 2.02. The van der Waals surface area contributed by atoms with E-state index in [0.29, 0.717) is 0 Å². The van der Waals surface area contributed by atoms with Gasteiger partial charge in [0.15, 0.2) is 0 Å². The molecule has 0 atom stereocenters. The Kier molecular flexibility index (Phi) is 5.22. The Bertz CT molecular complexity index is 422. The molecule has 0 saturated carbocycles. The second kappa shape index (κ2) is 6.72. The predicted octanol–water partition coefficient (Wildman–Crippen LogP) is 2.53. The van der Waals surface area contributed by atoms with Gasteiger partial charge in [-0.05, 0) is 19.0 Å². The average molecular weight is 297 g/mol. The molecule has 0 amide bonds. The third-order valence-electron chi connectivity index (χ3n) is 3.62. The number of anilines is 1. The summed E-state index contributed by atoms with van der Waals surface area (Å²) in [6.45, 7) is 11.8. The van der Waals surface area contributed by atoms with Crippen molar-refractivity contribution in [2.75, 3.05) is 43.5 Å². The summed E-state index contributed by atoms with van der Waals surface area (Å²) in [5.74, 6) is 2.72. The van der Waals surface area contributed by atoms with Crippen molar-refractivity contribution in [2.45, 2.75) is 32.6 Å². The highest BCUT2D eigenvalue weighted by molar-refractivity contribution is 6.17. The lowest BCUT2D eigenvalue weighted by Gasteiger charge is -2.35. The van der Waals surface area contributed by atoms with Crippen molar-refractivity contribution in [3.63, 3.8) is 0 Å². The Balaban J connectivity index is 1.97. The molecule has 4 nitrogen and oxygen atoms in total. The fourth-order valence-corrected chi connectivity index (χ4v) is 2.49. The molecule has 0 radical (unpaired) electrons. The molecule has 1 fully saturated rings. The number of alkyl halides is 1. The molecule has 2 rings (SSSR count). The van der Waals surface area contributed by atoms with Crippen molar-refractivity contribution in [3.05, 3.63) is 18.1 Å². The van der Waals surface area contributed by atoms with Crippen LogP contribution in [0.3, 0.4) is 0 Å². The number of halogens is 1. The summed E-state index contributed by atoms with van der Waals surface area (Å²) in [4.78, 5) is 14.0. The van der Waals surface area contributed by atoms with Gasteiger partial charge in [-0.15, -0.1) is 11.6 Å². The van der Waals surface area contributed by atoms with Gasteiger partial charge in [0.2, 0.25) is 0 Å².